The van der Waals surface area contributed by atoms with Crippen molar-refractivity contribution in [3.05, 3.63) is 0 Å². The van der Waals surface area contributed by atoms with E-state index in [0.717, 1.165) is 12.8 Å². The van der Waals surface area contributed by atoms with Crippen LogP contribution in [0.4, 0.5) is 0 Å². The van der Waals surface area contributed by atoms with Crippen LogP contribution in [0.15, 0.2) is 0 Å². The standard InChI is InChI=1S/C8H14O3/c1-6-4-3-5-8(6,10)11-7(2)9/h6,10H,3-5H2,1-2H3. The van der Waals surface area contributed by atoms with Crippen molar-refractivity contribution >= 4 is 5.97 Å². The highest BCUT2D eigenvalue weighted by Crippen LogP contribution is 2.36. The lowest BCUT2D eigenvalue weighted by molar-refractivity contribution is -0.218. The van der Waals surface area contributed by atoms with Gasteiger partial charge in [-0.15, -0.1) is 0 Å². The van der Waals surface area contributed by atoms with Crippen molar-refractivity contribution in [1.29, 1.82) is 0 Å². The van der Waals surface area contributed by atoms with Gasteiger partial charge in [-0.2, -0.15) is 0 Å². The van der Waals surface area contributed by atoms with Gasteiger partial charge in [0.25, 0.3) is 0 Å². The van der Waals surface area contributed by atoms with Gasteiger partial charge in [-0.3, -0.25) is 4.79 Å². The Morgan fingerprint density at radius 2 is 2.36 bits per heavy atom. The first-order chi connectivity index (χ1) is 5.04. The van der Waals surface area contributed by atoms with Gasteiger partial charge < -0.3 is 9.84 Å². The molecule has 3 nitrogen and oxygen atoms in total. The molecule has 0 saturated heterocycles. The van der Waals surface area contributed by atoms with Crippen LogP contribution >= 0.6 is 0 Å². The van der Waals surface area contributed by atoms with Crippen LogP contribution < -0.4 is 0 Å². The molecule has 1 aliphatic rings. The van der Waals surface area contributed by atoms with Crippen molar-refractivity contribution in [2.75, 3.05) is 0 Å². The van der Waals surface area contributed by atoms with Crippen molar-refractivity contribution < 1.29 is 14.6 Å². The molecule has 0 radical (unpaired) electrons. The average molecular weight is 158 g/mol. The zero-order valence-electron chi connectivity index (χ0n) is 6.96. The van der Waals surface area contributed by atoms with Gasteiger partial charge in [0, 0.05) is 19.3 Å². The van der Waals surface area contributed by atoms with E-state index in [1.165, 1.54) is 6.92 Å². The van der Waals surface area contributed by atoms with Crippen LogP contribution in [-0.4, -0.2) is 16.9 Å². The summed E-state index contributed by atoms with van der Waals surface area (Å²) in [5.41, 5.74) is 0. The van der Waals surface area contributed by atoms with E-state index in [2.05, 4.69) is 0 Å². The Morgan fingerprint density at radius 3 is 2.73 bits per heavy atom. The Balaban J connectivity index is 2.58. The lowest BCUT2D eigenvalue weighted by Gasteiger charge is -2.26. The third kappa shape index (κ3) is 1.71. The van der Waals surface area contributed by atoms with Gasteiger partial charge in [-0.1, -0.05) is 6.92 Å². The molecule has 1 fully saturated rings. The molecule has 0 heterocycles. The molecule has 0 spiro atoms. The normalized spacial score (nSPS) is 37.2. The van der Waals surface area contributed by atoms with Crippen LogP contribution in [0.2, 0.25) is 0 Å². The lowest BCUT2D eigenvalue weighted by Crippen LogP contribution is -2.36. The fraction of sp³-hybridized carbons (Fsp3) is 0.875. The molecule has 11 heavy (non-hydrogen) atoms. The van der Waals surface area contributed by atoms with E-state index >= 15 is 0 Å². The van der Waals surface area contributed by atoms with Crippen LogP contribution in [0.1, 0.15) is 33.1 Å². The van der Waals surface area contributed by atoms with Gasteiger partial charge in [0.15, 0.2) is 0 Å². The minimum atomic E-state index is -1.17. The highest BCUT2D eigenvalue weighted by Gasteiger charge is 2.41. The van der Waals surface area contributed by atoms with Gasteiger partial charge in [-0.25, -0.2) is 0 Å². The quantitative estimate of drug-likeness (QED) is 0.458. The third-order valence-corrected chi connectivity index (χ3v) is 2.26. The summed E-state index contributed by atoms with van der Waals surface area (Å²) in [5.74, 6) is -1.50. The molecule has 3 heteroatoms. The summed E-state index contributed by atoms with van der Waals surface area (Å²) in [6.45, 7) is 3.22. The number of rotatable bonds is 1. The highest BCUT2D eigenvalue weighted by atomic mass is 16.7. The van der Waals surface area contributed by atoms with E-state index in [4.69, 9.17) is 4.74 Å². The van der Waals surface area contributed by atoms with Crippen LogP contribution in [0.3, 0.4) is 0 Å². The minimum absolute atomic E-state index is 0.0754. The number of aliphatic hydroxyl groups is 1. The van der Waals surface area contributed by atoms with E-state index < -0.39 is 11.8 Å². The van der Waals surface area contributed by atoms with Crippen LogP contribution in [0.5, 0.6) is 0 Å². The number of hydrogen-bond acceptors (Lipinski definition) is 3. The molecule has 2 atom stereocenters. The van der Waals surface area contributed by atoms with Gasteiger partial charge in [0.05, 0.1) is 0 Å². The van der Waals surface area contributed by atoms with Crippen LogP contribution in [-0.2, 0) is 9.53 Å². The number of carbonyl (C=O) groups excluding carboxylic acids is 1. The summed E-state index contributed by atoms with van der Waals surface area (Å²) in [6, 6.07) is 0. The predicted octanol–water partition coefficient (Wildman–Crippen LogP) is 1.06. The Morgan fingerprint density at radius 1 is 1.73 bits per heavy atom. The summed E-state index contributed by atoms with van der Waals surface area (Å²) in [5, 5.41) is 9.69. The Bertz CT molecular complexity index is 167. The zero-order chi connectivity index (χ0) is 8.48. The molecule has 0 aromatic heterocycles. The van der Waals surface area contributed by atoms with Crippen molar-refractivity contribution in [1.82, 2.24) is 0 Å². The van der Waals surface area contributed by atoms with Crippen molar-refractivity contribution in [3.63, 3.8) is 0 Å². The molecule has 1 saturated carbocycles. The van der Waals surface area contributed by atoms with E-state index in [1.54, 1.807) is 0 Å². The summed E-state index contributed by atoms with van der Waals surface area (Å²) in [7, 11) is 0. The van der Waals surface area contributed by atoms with Crippen molar-refractivity contribution in [2.24, 2.45) is 5.92 Å². The Hall–Kier alpha value is -0.570. The van der Waals surface area contributed by atoms with E-state index in [-0.39, 0.29) is 5.92 Å². The number of carbonyl (C=O) groups is 1. The average Bonchev–Trinajstić information content (AvgIpc) is 2.11. The van der Waals surface area contributed by atoms with Crippen molar-refractivity contribution in [3.8, 4) is 0 Å². The fourth-order valence-electron chi connectivity index (χ4n) is 1.53. The van der Waals surface area contributed by atoms with Gasteiger partial charge in [-0.05, 0) is 12.8 Å². The summed E-state index contributed by atoms with van der Waals surface area (Å²) < 4.78 is 4.83. The molecular formula is C8H14O3. The predicted molar refractivity (Wildman–Crippen MR) is 39.7 cm³/mol. The molecule has 2 unspecified atom stereocenters. The maximum atomic E-state index is 10.6. The largest absolute Gasteiger partial charge is 0.433 e. The lowest BCUT2D eigenvalue weighted by atomic mass is 10.1. The molecule has 0 aromatic carbocycles. The number of hydrogen-bond donors (Lipinski definition) is 1. The first-order valence-electron chi connectivity index (χ1n) is 3.96. The van der Waals surface area contributed by atoms with Crippen molar-refractivity contribution in [2.45, 2.75) is 38.9 Å². The number of esters is 1. The summed E-state index contributed by atoms with van der Waals surface area (Å²) >= 11 is 0. The second-order valence-corrected chi connectivity index (χ2v) is 3.23. The second kappa shape index (κ2) is 2.81. The molecule has 64 valence electrons. The molecule has 1 aliphatic carbocycles. The smallest absolute Gasteiger partial charge is 0.305 e. The Labute approximate surface area is 66.4 Å². The topological polar surface area (TPSA) is 46.5 Å². The molecule has 0 bridgehead atoms. The molecule has 0 aromatic rings. The first-order valence-corrected chi connectivity index (χ1v) is 3.96. The maximum Gasteiger partial charge on any atom is 0.305 e. The number of ether oxygens (including phenoxy) is 1. The first kappa shape index (κ1) is 8.53. The monoisotopic (exact) mass is 158 g/mol. The molecule has 1 rings (SSSR count). The summed E-state index contributed by atoms with van der Waals surface area (Å²) in [4.78, 5) is 10.6. The van der Waals surface area contributed by atoms with E-state index in [1.807, 2.05) is 6.92 Å². The fourth-order valence-corrected chi connectivity index (χ4v) is 1.53. The molecule has 0 amide bonds. The van der Waals surface area contributed by atoms with Gasteiger partial charge in [0.1, 0.15) is 0 Å². The zero-order valence-corrected chi connectivity index (χ0v) is 6.96. The molecule has 0 aliphatic heterocycles. The Kier molecular flexibility index (Phi) is 2.18. The van der Waals surface area contributed by atoms with Crippen LogP contribution in [0.25, 0.3) is 0 Å². The molecule has 1 N–H and O–H groups in total. The van der Waals surface area contributed by atoms with Gasteiger partial charge >= 0.3 is 5.97 Å². The molecular weight excluding hydrogens is 144 g/mol. The SMILES string of the molecule is CC(=O)OC1(O)CCCC1C. The van der Waals surface area contributed by atoms with Gasteiger partial charge in [0.2, 0.25) is 5.79 Å². The second-order valence-electron chi connectivity index (χ2n) is 3.23. The van der Waals surface area contributed by atoms with E-state index in [0.29, 0.717) is 6.42 Å². The van der Waals surface area contributed by atoms with E-state index in [9.17, 15) is 9.90 Å². The maximum absolute atomic E-state index is 10.6. The van der Waals surface area contributed by atoms with Crippen LogP contribution in [0, 0.1) is 5.92 Å². The minimum Gasteiger partial charge on any atom is -0.433 e. The highest BCUT2D eigenvalue weighted by molar-refractivity contribution is 5.66. The third-order valence-electron chi connectivity index (χ3n) is 2.26. The summed E-state index contributed by atoms with van der Waals surface area (Å²) in [6.07, 6.45) is 2.45.